The van der Waals surface area contributed by atoms with Crippen LogP contribution in [-0.2, 0) is 5.41 Å². The van der Waals surface area contributed by atoms with Gasteiger partial charge in [0.1, 0.15) is 0 Å². The van der Waals surface area contributed by atoms with E-state index in [-0.39, 0.29) is 5.41 Å². The molecule has 7 heterocycles. The summed E-state index contributed by atoms with van der Waals surface area (Å²) >= 11 is 0. The van der Waals surface area contributed by atoms with Crippen LogP contribution < -0.4 is 0 Å². The minimum atomic E-state index is -0.206. The molecule has 0 N–H and O–H groups in total. The summed E-state index contributed by atoms with van der Waals surface area (Å²) in [6, 6.07) is 151. The Bertz CT molecular complexity index is 9000. The first-order valence-electron chi connectivity index (χ1n) is 43.2. The molecule has 126 heavy (non-hydrogen) atoms. The summed E-state index contributed by atoms with van der Waals surface area (Å²) in [5.74, 6) is 0. The zero-order valence-electron chi connectivity index (χ0n) is 68.9. The number of fused-ring (bicyclic) bond motifs is 22. The van der Waals surface area contributed by atoms with Crippen LogP contribution in [0.1, 0.15) is 25.0 Å². The fourth-order valence-corrected chi connectivity index (χ4v) is 21.2. The van der Waals surface area contributed by atoms with Crippen LogP contribution in [-0.4, -0.2) is 42.8 Å². The van der Waals surface area contributed by atoms with Crippen molar-refractivity contribution in [3.05, 3.63) is 430 Å². The van der Waals surface area contributed by atoms with Crippen molar-refractivity contribution in [2.45, 2.75) is 19.3 Å². The maximum Gasteiger partial charge on any atom is 0.0976 e. The van der Waals surface area contributed by atoms with Crippen molar-refractivity contribution in [3.63, 3.8) is 0 Å². The van der Waals surface area contributed by atoms with Gasteiger partial charge in [-0.3, -0.25) is 0 Å². The molecule has 0 spiro atoms. The first-order valence-corrected chi connectivity index (χ1v) is 43.2. The van der Waals surface area contributed by atoms with Gasteiger partial charge in [0.2, 0.25) is 0 Å². The third-order valence-corrected chi connectivity index (χ3v) is 26.6. The molecule has 9 nitrogen and oxygen atoms in total. The molecule has 0 saturated carbocycles. The molecule has 588 valence electrons. The molecule has 0 fully saturated rings. The van der Waals surface area contributed by atoms with Crippen molar-refractivity contribution in [3.8, 4) is 84.6 Å². The lowest BCUT2D eigenvalue weighted by Crippen LogP contribution is -2.16. The van der Waals surface area contributed by atoms with E-state index in [1.54, 1.807) is 0 Å². The standard InChI is InChI=1S/C60H37N5.C57H38N4/c1-2-18-41(19-3-1)63-52-27-10-6-23-45(52)48-35-40(32-33-57(48)63)60-59(61-50-25-8-9-26-51(50)62-60)39-17-14-20-42(34-39)64-53-28-11-7-24-46(53)49-37-47-38(36-58(49)64)16-15-31-56(47)65-54-29-12-4-21-43(54)44-22-5-13-30-55(44)65;1-57(2)46-25-7-3-19-38(46)42-23-15-24-43(54(42)57)56-55(58-47-26-8-9-27-48(47)59-56)36-17-13-18-37(32-36)60-49-28-10-6-22-41(49)45-34-44-35(33-53(45)60)16-14-31-52(44)61-50-29-11-4-20-39(50)40-21-5-12-30-51(40)61/h1-37H;3-34H,1-2H3. The molecule has 0 atom stereocenters. The molecule has 1 aliphatic carbocycles. The number of hydrogen-bond donors (Lipinski definition) is 0. The second-order valence-corrected chi connectivity index (χ2v) is 33.9. The molecular weight excluding hydrogens is 1530 g/mol. The summed E-state index contributed by atoms with van der Waals surface area (Å²) in [5, 5.41) is 17.1. The van der Waals surface area contributed by atoms with Gasteiger partial charge in [0.25, 0.3) is 0 Å². The van der Waals surface area contributed by atoms with E-state index in [1.165, 1.54) is 137 Å². The third-order valence-electron chi connectivity index (χ3n) is 26.6. The van der Waals surface area contributed by atoms with E-state index in [9.17, 15) is 0 Å². The fraction of sp³-hybridized carbons (Fsp3) is 0.0256. The maximum absolute atomic E-state index is 5.45. The summed E-state index contributed by atoms with van der Waals surface area (Å²) < 4.78 is 12.1. The van der Waals surface area contributed by atoms with E-state index in [0.717, 1.165) is 112 Å². The summed E-state index contributed by atoms with van der Waals surface area (Å²) in [5.41, 5.74) is 33.5. The van der Waals surface area contributed by atoms with Crippen molar-refractivity contribution in [2.24, 2.45) is 0 Å². The molecule has 0 saturated heterocycles. The molecule has 27 rings (SSSR count). The van der Waals surface area contributed by atoms with E-state index in [1.807, 2.05) is 24.3 Å². The van der Waals surface area contributed by atoms with Gasteiger partial charge in [0, 0.05) is 109 Å². The number of para-hydroxylation sites is 12. The van der Waals surface area contributed by atoms with Crippen molar-refractivity contribution in [2.75, 3.05) is 0 Å². The summed E-state index contributed by atoms with van der Waals surface area (Å²) in [6.45, 7) is 4.68. The zero-order valence-corrected chi connectivity index (χ0v) is 68.9. The van der Waals surface area contributed by atoms with Crippen molar-refractivity contribution in [1.82, 2.24) is 42.8 Å². The van der Waals surface area contributed by atoms with Crippen LogP contribution in [0.4, 0.5) is 0 Å². The highest BCUT2D eigenvalue weighted by atomic mass is 15.0. The Labute approximate surface area is 724 Å². The van der Waals surface area contributed by atoms with E-state index < -0.39 is 0 Å². The molecule has 9 heteroatoms. The normalized spacial score (nSPS) is 12.6. The van der Waals surface area contributed by atoms with E-state index in [0.29, 0.717) is 0 Å². The van der Waals surface area contributed by atoms with Crippen LogP contribution in [0, 0.1) is 0 Å². The lowest BCUT2D eigenvalue weighted by Gasteiger charge is -2.25. The predicted molar refractivity (Wildman–Crippen MR) is 525 cm³/mol. The average molecular weight is 1610 g/mol. The number of nitrogens with zero attached hydrogens (tertiary/aromatic N) is 9. The molecule has 0 bridgehead atoms. The number of aromatic nitrogens is 9. The van der Waals surface area contributed by atoms with Gasteiger partial charge in [-0.05, 0) is 185 Å². The number of rotatable bonds is 9. The predicted octanol–water partition coefficient (Wildman–Crippen LogP) is 30.0. The second kappa shape index (κ2) is 27.7. The van der Waals surface area contributed by atoms with Crippen molar-refractivity contribution >= 4 is 153 Å². The smallest absolute Gasteiger partial charge is 0.0976 e. The van der Waals surface area contributed by atoms with E-state index >= 15 is 0 Å². The lowest BCUT2D eigenvalue weighted by atomic mass is 9.79. The van der Waals surface area contributed by atoms with E-state index in [4.69, 9.17) is 19.9 Å². The van der Waals surface area contributed by atoms with Crippen LogP contribution in [0.25, 0.3) is 237 Å². The Morgan fingerprint density at radius 1 is 0.190 bits per heavy atom. The number of benzene rings is 19. The van der Waals surface area contributed by atoms with Crippen molar-refractivity contribution in [1.29, 1.82) is 0 Å². The Hall–Kier alpha value is -16.6. The van der Waals surface area contributed by atoms with Gasteiger partial charge in [-0.25, -0.2) is 19.9 Å². The molecule has 26 aromatic rings. The van der Waals surface area contributed by atoms with Crippen LogP contribution in [0.2, 0.25) is 0 Å². The van der Waals surface area contributed by atoms with E-state index in [2.05, 4.69) is 431 Å². The third kappa shape index (κ3) is 10.7. The molecule has 0 amide bonds. The highest BCUT2D eigenvalue weighted by Crippen LogP contribution is 2.54. The summed E-state index contributed by atoms with van der Waals surface area (Å²) in [7, 11) is 0. The Balaban J connectivity index is 0.000000134. The topological polar surface area (TPSA) is 76.2 Å². The highest BCUT2D eigenvalue weighted by molar-refractivity contribution is 6.19. The van der Waals surface area contributed by atoms with Crippen LogP contribution >= 0.6 is 0 Å². The molecule has 0 radical (unpaired) electrons. The van der Waals surface area contributed by atoms with Crippen LogP contribution in [0.5, 0.6) is 0 Å². The highest BCUT2D eigenvalue weighted by Gasteiger charge is 2.39. The molecular formula is C117H75N9. The summed E-state index contributed by atoms with van der Waals surface area (Å²) in [4.78, 5) is 21.7. The molecule has 19 aromatic carbocycles. The first kappa shape index (κ1) is 71.1. The minimum absolute atomic E-state index is 0.206. The Morgan fingerprint density at radius 3 is 0.968 bits per heavy atom. The van der Waals surface area contributed by atoms with Gasteiger partial charge in [0.15, 0.2) is 0 Å². The minimum Gasteiger partial charge on any atom is -0.309 e. The van der Waals surface area contributed by atoms with Gasteiger partial charge in [-0.2, -0.15) is 0 Å². The van der Waals surface area contributed by atoms with Crippen LogP contribution in [0.15, 0.2) is 419 Å². The molecule has 0 aliphatic heterocycles. The quantitative estimate of drug-likeness (QED) is 0.144. The van der Waals surface area contributed by atoms with Gasteiger partial charge < -0.3 is 22.8 Å². The molecule has 1 aliphatic rings. The zero-order chi connectivity index (χ0) is 83.0. The van der Waals surface area contributed by atoms with Gasteiger partial charge >= 0.3 is 0 Å². The Morgan fingerprint density at radius 2 is 0.508 bits per heavy atom. The SMILES string of the molecule is CC1(C)c2ccccc2-c2cccc(-c3nc4ccccc4nc3-c3cccc(-n4c5ccccc5c5cc6c(-n7c8ccccc8c8ccccc87)cccc6cc54)c3)c21.c1ccc(-n2c3ccccc3c3cc(-c4nc5ccccc5nc4-c4cccc(-n5c6ccccc6c6cc7c(-n8c9ccccc9c9ccccc98)cccc7cc65)c4)ccc32)cc1. The number of hydrogen-bond acceptors (Lipinski definition) is 4. The fourth-order valence-electron chi connectivity index (χ4n) is 21.2. The largest absolute Gasteiger partial charge is 0.309 e. The van der Waals surface area contributed by atoms with Crippen LogP contribution in [0.3, 0.4) is 0 Å². The average Bonchev–Trinajstić information content (AvgIpc) is 1.56. The molecule has 7 aromatic heterocycles. The van der Waals surface area contributed by atoms with Gasteiger partial charge in [-0.1, -0.05) is 281 Å². The second-order valence-electron chi connectivity index (χ2n) is 33.9. The lowest BCUT2D eigenvalue weighted by molar-refractivity contribution is 0.662. The van der Waals surface area contributed by atoms with Crippen molar-refractivity contribution < 1.29 is 0 Å². The van der Waals surface area contributed by atoms with Gasteiger partial charge in [-0.15, -0.1) is 0 Å². The first-order chi connectivity index (χ1) is 62.3. The maximum atomic E-state index is 5.45. The van der Waals surface area contributed by atoms with Gasteiger partial charge in [0.05, 0.1) is 111 Å². The summed E-state index contributed by atoms with van der Waals surface area (Å²) in [6.07, 6.45) is 0. The Kier molecular flexibility index (Phi) is 15.6. The molecule has 0 unspecified atom stereocenters. The monoisotopic (exact) mass is 1610 g/mol.